The summed E-state index contributed by atoms with van der Waals surface area (Å²) < 4.78 is 36.0. The van der Waals surface area contributed by atoms with Gasteiger partial charge in [0.15, 0.2) is 5.69 Å². The van der Waals surface area contributed by atoms with Crippen molar-refractivity contribution in [2.45, 2.75) is 17.4 Å². The van der Waals surface area contributed by atoms with Crippen molar-refractivity contribution in [3.05, 3.63) is 46.5 Å². The van der Waals surface area contributed by atoms with E-state index in [-0.39, 0.29) is 23.2 Å². The number of hydrogen-bond donors (Lipinski definition) is 2. The van der Waals surface area contributed by atoms with Crippen LogP contribution >= 0.6 is 11.5 Å². The van der Waals surface area contributed by atoms with Gasteiger partial charge in [0.25, 0.3) is 0 Å². The zero-order valence-corrected chi connectivity index (χ0v) is 14.6. The van der Waals surface area contributed by atoms with E-state index in [4.69, 9.17) is 0 Å². The Balaban J connectivity index is 1.78. The van der Waals surface area contributed by atoms with E-state index in [0.29, 0.717) is 0 Å². The molecule has 0 spiro atoms. The first kappa shape index (κ1) is 17.0. The molecule has 24 heavy (non-hydrogen) atoms. The molecule has 0 bridgehead atoms. The van der Waals surface area contributed by atoms with Crippen LogP contribution in [0.5, 0.6) is 0 Å². The predicted octanol–water partition coefficient (Wildman–Crippen LogP) is 1.09. The third-order valence-electron chi connectivity index (χ3n) is 3.90. The topological polar surface area (TPSA) is 97.4 Å². The highest BCUT2D eigenvalue weighted by Crippen LogP contribution is 2.23. The highest BCUT2D eigenvalue weighted by molar-refractivity contribution is 7.89. The second-order valence-electron chi connectivity index (χ2n) is 5.33. The van der Waals surface area contributed by atoms with E-state index in [9.17, 15) is 13.2 Å². The molecular formula is C15H17N3O4S2. The van der Waals surface area contributed by atoms with Gasteiger partial charge in [-0.05, 0) is 35.6 Å². The quantitative estimate of drug-likeness (QED) is 0.768. The van der Waals surface area contributed by atoms with E-state index in [2.05, 4.69) is 25.2 Å². The molecule has 128 valence electrons. The molecule has 7 nitrogen and oxygen atoms in total. The largest absolute Gasteiger partial charge is 0.464 e. The molecular weight excluding hydrogens is 350 g/mol. The Morgan fingerprint density at radius 2 is 2.25 bits per heavy atom. The van der Waals surface area contributed by atoms with E-state index in [1.54, 1.807) is 0 Å². The normalized spacial score (nSPS) is 17.3. The van der Waals surface area contributed by atoms with Crippen LogP contribution in [0.3, 0.4) is 0 Å². The van der Waals surface area contributed by atoms with Crippen LogP contribution in [0.15, 0.2) is 34.5 Å². The van der Waals surface area contributed by atoms with Gasteiger partial charge in [-0.15, -0.1) is 0 Å². The Bertz CT molecular complexity index is 848. The van der Waals surface area contributed by atoms with Crippen LogP contribution in [0.25, 0.3) is 0 Å². The van der Waals surface area contributed by atoms with Gasteiger partial charge in [0.05, 0.1) is 7.11 Å². The van der Waals surface area contributed by atoms with Gasteiger partial charge < -0.3 is 10.1 Å². The fourth-order valence-corrected chi connectivity index (χ4v) is 4.86. The summed E-state index contributed by atoms with van der Waals surface area (Å²) in [5.41, 5.74) is 2.11. The molecule has 2 aromatic rings. The maximum atomic E-state index is 12.5. The van der Waals surface area contributed by atoms with E-state index in [0.717, 1.165) is 30.1 Å². The number of rotatable bonds is 5. The number of aromatic nitrogens is 1. The first-order chi connectivity index (χ1) is 11.5. The molecule has 0 saturated carbocycles. The Kier molecular flexibility index (Phi) is 4.95. The van der Waals surface area contributed by atoms with Crippen LogP contribution in [0.4, 0.5) is 0 Å². The molecule has 1 unspecified atom stereocenters. The zero-order chi connectivity index (χ0) is 17.2. The Labute approximate surface area is 144 Å². The lowest BCUT2D eigenvalue weighted by molar-refractivity contribution is 0.0591. The molecule has 9 heteroatoms. The number of ether oxygens (including phenoxy) is 1. The van der Waals surface area contributed by atoms with Crippen LogP contribution in [0, 0.1) is 0 Å². The monoisotopic (exact) mass is 367 g/mol. The Morgan fingerprint density at radius 1 is 1.46 bits per heavy atom. The van der Waals surface area contributed by atoms with Gasteiger partial charge in [-0.25, -0.2) is 17.9 Å². The van der Waals surface area contributed by atoms with Crippen molar-refractivity contribution in [1.29, 1.82) is 0 Å². The summed E-state index contributed by atoms with van der Waals surface area (Å²) in [4.78, 5) is 11.5. The van der Waals surface area contributed by atoms with Gasteiger partial charge in [0.1, 0.15) is 4.90 Å². The van der Waals surface area contributed by atoms with Gasteiger partial charge in [0, 0.05) is 18.0 Å². The third kappa shape index (κ3) is 3.34. The fraction of sp³-hybridized carbons (Fsp3) is 0.333. The van der Waals surface area contributed by atoms with Crippen molar-refractivity contribution in [2.24, 2.45) is 0 Å². The fourth-order valence-electron chi connectivity index (χ4n) is 2.70. The van der Waals surface area contributed by atoms with Crippen LogP contribution in [-0.4, -0.2) is 39.0 Å². The number of fused-ring (bicyclic) bond motifs is 1. The molecule has 2 heterocycles. The van der Waals surface area contributed by atoms with Crippen molar-refractivity contribution in [3.63, 3.8) is 0 Å². The molecule has 0 amide bonds. The molecule has 3 rings (SSSR count). The van der Waals surface area contributed by atoms with Crippen molar-refractivity contribution < 1.29 is 17.9 Å². The molecule has 1 aromatic carbocycles. The second-order valence-corrected chi connectivity index (χ2v) is 7.69. The molecule has 0 fully saturated rings. The maximum Gasteiger partial charge on any atom is 0.359 e. The highest BCUT2D eigenvalue weighted by atomic mass is 32.2. The molecule has 0 saturated heterocycles. The average molecular weight is 367 g/mol. The zero-order valence-electron chi connectivity index (χ0n) is 13.0. The van der Waals surface area contributed by atoms with Crippen molar-refractivity contribution in [1.82, 2.24) is 14.4 Å². The van der Waals surface area contributed by atoms with Gasteiger partial charge in [-0.1, -0.05) is 24.3 Å². The number of carbonyl (C=O) groups excluding carboxylic acids is 1. The third-order valence-corrected chi connectivity index (χ3v) is 6.11. The number of nitrogens with one attached hydrogen (secondary N) is 2. The summed E-state index contributed by atoms with van der Waals surface area (Å²) in [7, 11) is -2.66. The smallest absolute Gasteiger partial charge is 0.359 e. The Morgan fingerprint density at radius 3 is 3.04 bits per heavy atom. The summed E-state index contributed by atoms with van der Waals surface area (Å²) in [6, 6.07) is 7.84. The van der Waals surface area contributed by atoms with Crippen LogP contribution in [0.1, 0.15) is 27.7 Å². The molecule has 2 N–H and O–H groups in total. The van der Waals surface area contributed by atoms with Crippen LogP contribution < -0.4 is 10.0 Å². The minimum atomic E-state index is -3.85. The summed E-state index contributed by atoms with van der Waals surface area (Å²) in [5.74, 6) is -0.766. The van der Waals surface area contributed by atoms with E-state index in [1.165, 1.54) is 18.1 Å². The number of carbonyl (C=O) groups is 1. The standard InChI is InChI=1S/C15H17N3O4S2/c1-22-15(19)14-13(9-23-18-14)24(20,21)17-8-12-11-5-3-2-4-10(11)6-7-16-12/h2-5,9,12,16-17H,6-8H2,1H3. The van der Waals surface area contributed by atoms with E-state index < -0.39 is 16.0 Å². The summed E-state index contributed by atoms with van der Waals surface area (Å²) in [5, 5.41) is 4.64. The summed E-state index contributed by atoms with van der Waals surface area (Å²) in [6.45, 7) is 0.979. The predicted molar refractivity (Wildman–Crippen MR) is 89.5 cm³/mol. The molecule has 1 atom stereocenters. The molecule has 1 aliphatic heterocycles. The number of nitrogens with zero attached hydrogens (tertiary/aromatic N) is 1. The van der Waals surface area contributed by atoms with Gasteiger partial charge in [-0.3, -0.25) is 0 Å². The number of hydrogen-bond acceptors (Lipinski definition) is 7. The number of benzene rings is 1. The maximum absolute atomic E-state index is 12.5. The first-order valence-corrected chi connectivity index (χ1v) is 9.68. The van der Waals surface area contributed by atoms with E-state index in [1.807, 2.05) is 18.2 Å². The average Bonchev–Trinajstić information content (AvgIpc) is 3.10. The minimum absolute atomic E-state index is 0.113. The lowest BCUT2D eigenvalue weighted by Gasteiger charge is -2.27. The molecule has 0 aliphatic carbocycles. The second kappa shape index (κ2) is 6.98. The summed E-state index contributed by atoms with van der Waals surface area (Å²) >= 11 is 0.901. The van der Waals surface area contributed by atoms with Crippen LogP contribution in [0.2, 0.25) is 0 Å². The number of esters is 1. The van der Waals surface area contributed by atoms with Crippen molar-refractivity contribution >= 4 is 27.5 Å². The SMILES string of the molecule is COC(=O)c1nscc1S(=O)(=O)NCC1NCCc2ccccc21. The number of methoxy groups -OCH3 is 1. The molecule has 1 aromatic heterocycles. The summed E-state index contributed by atoms with van der Waals surface area (Å²) in [6.07, 6.45) is 0.917. The van der Waals surface area contributed by atoms with E-state index >= 15 is 0 Å². The van der Waals surface area contributed by atoms with Gasteiger partial charge in [0.2, 0.25) is 10.0 Å². The van der Waals surface area contributed by atoms with Crippen molar-refractivity contribution in [2.75, 3.05) is 20.2 Å². The Hall–Kier alpha value is -1.81. The molecule has 1 aliphatic rings. The number of sulfonamides is 1. The highest BCUT2D eigenvalue weighted by Gasteiger charge is 2.28. The lowest BCUT2D eigenvalue weighted by Crippen LogP contribution is -2.39. The van der Waals surface area contributed by atoms with Gasteiger partial charge in [-0.2, -0.15) is 4.37 Å². The lowest BCUT2D eigenvalue weighted by atomic mass is 9.95. The molecule has 0 radical (unpaired) electrons. The minimum Gasteiger partial charge on any atom is -0.464 e. The van der Waals surface area contributed by atoms with Gasteiger partial charge >= 0.3 is 5.97 Å². The van der Waals surface area contributed by atoms with Crippen LogP contribution in [-0.2, 0) is 21.2 Å². The first-order valence-electron chi connectivity index (χ1n) is 7.36. The van der Waals surface area contributed by atoms with Crippen molar-refractivity contribution in [3.8, 4) is 0 Å².